The lowest BCUT2D eigenvalue weighted by Crippen LogP contribution is -2.04. The standard InChI is InChI=1S/C13H18O2S/c1-4-15-13(14)7-8-16-12-6-5-10(2)9-11(12)3/h5-6,9H,4,7-8H2,1-3H3. The van der Waals surface area contributed by atoms with Crippen LogP contribution >= 0.6 is 11.8 Å². The summed E-state index contributed by atoms with van der Waals surface area (Å²) in [7, 11) is 0. The second-order valence-electron chi connectivity index (χ2n) is 3.67. The number of hydrogen-bond acceptors (Lipinski definition) is 3. The first-order chi connectivity index (χ1) is 7.63. The van der Waals surface area contributed by atoms with E-state index in [1.165, 1.54) is 16.0 Å². The Morgan fingerprint density at radius 3 is 2.75 bits per heavy atom. The van der Waals surface area contributed by atoms with E-state index in [1.54, 1.807) is 11.8 Å². The highest BCUT2D eigenvalue weighted by Crippen LogP contribution is 2.23. The molecule has 1 aromatic rings. The molecule has 0 saturated heterocycles. The summed E-state index contributed by atoms with van der Waals surface area (Å²) in [6.45, 7) is 6.47. The number of carbonyl (C=O) groups is 1. The first-order valence-corrected chi connectivity index (χ1v) is 6.47. The highest BCUT2D eigenvalue weighted by atomic mass is 32.2. The molecule has 0 spiro atoms. The average Bonchev–Trinajstić information content (AvgIpc) is 2.22. The molecule has 88 valence electrons. The molecule has 0 aliphatic carbocycles. The van der Waals surface area contributed by atoms with Gasteiger partial charge in [0.15, 0.2) is 0 Å². The fourth-order valence-corrected chi connectivity index (χ4v) is 2.38. The normalized spacial score (nSPS) is 10.2. The maximum absolute atomic E-state index is 11.1. The molecule has 0 amide bonds. The molecule has 0 fully saturated rings. The number of carbonyl (C=O) groups excluding carboxylic acids is 1. The van der Waals surface area contributed by atoms with Crippen LogP contribution in [0.15, 0.2) is 23.1 Å². The number of benzene rings is 1. The first-order valence-electron chi connectivity index (χ1n) is 5.49. The van der Waals surface area contributed by atoms with Crippen LogP contribution in [0.4, 0.5) is 0 Å². The largest absolute Gasteiger partial charge is 0.466 e. The molecule has 1 aromatic carbocycles. The number of ether oxygens (including phenoxy) is 1. The van der Waals surface area contributed by atoms with Crippen molar-refractivity contribution in [1.29, 1.82) is 0 Å². The van der Waals surface area contributed by atoms with Crippen LogP contribution in [0, 0.1) is 13.8 Å². The molecular formula is C13H18O2S. The van der Waals surface area contributed by atoms with Crippen LogP contribution in [0.25, 0.3) is 0 Å². The van der Waals surface area contributed by atoms with Crippen molar-refractivity contribution in [1.82, 2.24) is 0 Å². The van der Waals surface area contributed by atoms with Gasteiger partial charge in [0.05, 0.1) is 13.0 Å². The molecule has 0 atom stereocenters. The Kier molecular flexibility index (Phi) is 5.39. The molecule has 0 aliphatic rings. The van der Waals surface area contributed by atoms with Gasteiger partial charge in [-0.05, 0) is 32.4 Å². The van der Waals surface area contributed by atoms with Crippen molar-refractivity contribution in [2.75, 3.05) is 12.4 Å². The van der Waals surface area contributed by atoms with Gasteiger partial charge in [-0.2, -0.15) is 0 Å². The van der Waals surface area contributed by atoms with Crippen molar-refractivity contribution in [3.8, 4) is 0 Å². The predicted molar refractivity (Wildman–Crippen MR) is 67.9 cm³/mol. The summed E-state index contributed by atoms with van der Waals surface area (Å²) in [5.74, 6) is 0.669. The van der Waals surface area contributed by atoms with Gasteiger partial charge in [0, 0.05) is 10.6 Å². The Labute approximate surface area is 101 Å². The number of esters is 1. The highest BCUT2D eigenvalue weighted by Gasteiger charge is 2.03. The van der Waals surface area contributed by atoms with Gasteiger partial charge in [-0.1, -0.05) is 17.7 Å². The summed E-state index contributed by atoms with van der Waals surface area (Å²) >= 11 is 1.71. The molecular weight excluding hydrogens is 220 g/mol. The minimum atomic E-state index is -0.111. The maximum atomic E-state index is 11.1. The first kappa shape index (κ1) is 13.1. The average molecular weight is 238 g/mol. The lowest BCUT2D eigenvalue weighted by Gasteiger charge is -2.06. The quantitative estimate of drug-likeness (QED) is 0.581. The van der Waals surface area contributed by atoms with Crippen LogP contribution in [0.3, 0.4) is 0 Å². The second kappa shape index (κ2) is 6.59. The second-order valence-corrected chi connectivity index (χ2v) is 4.81. The number of thioether (sulfide) groups is 1. The van der Waals surface area contributed by atoms with E-state index in [-0.39, 0.29) is 5.97 Å². The molecule has 0 N–H and O–H groups in total. The maximum Gasteiger partial charge on any atom is 0.306 e. The van der Waals surface area contributed by atoms with Crippen molar-refractivity contribution in [3.05, 3.63) is 29.3 Å². The summed E-state index contributed by atoms with van der Waals surface area (Å²) in [5, 5.41) is 0. The fourth-order valence-electron chi connectivity index (χ4n) is 1.44. The predicted octanol–water partition coefficient (Wildman–Crippen LogP) is 3.35. The molecule has 0 aromatic heterocycles. The van der Waals surface area contributed by atoms with Crippen LogP contribution in [-0.2, 0) is 9.53 Å². The SMILES string of the molecule is CCOC(=O)CCSc1ccc(C)cc1C. The van der Waals surface area contributed by atoms with Crippen LogP contribution < -0.4 is 0 Å². The lowest BCUT2D eigenvalue weighted by atomic mass is 10.2. The third kappa shape index (κ3) is 4.27. The Balaban J connectivity index is 2.40. The molecule has 0 radical (unpaired) electrons. The molecule has 0 bridgehead atoms. The summed E-state index contributed by atoms with van der Waals surface area (Å²) in [6.07, 6.45) is 0.478. The van der Waals surface area contributed by atoms with Crippen molar-refractivity contribution in [3.63, 3.8) is 0 Å². The van der Waals surface area contributed by atoms with E-state index in [1.807, 2.05) is 6.92 Å². The van der Waals surface area contributed by atoms with Crippen molar-refractivity contribution < 1.29 is 9.53 Å². The molecule has 0 heterocycles. The van der Waals surface area contributed by atoms with Gasteiger partial charge >= 0.3 is 5.97 Å². The molecule has 0 saturated carbocycles. The fraction of sp³-hybridized carbons (Fsp3) is 0.462. The van der Waals surface area contributed by atoms with E-state index in [0.29, 0.717) is 13.0 Å². The Bertz CT molecular complexity index is 361. The Morgan fingerprint density at radius 2 is 2.12 bits per heavy atom. The van der Waals surface area contributed by atoms with Gasteiger partial charge in [-0.15, -0.1) is 11.8 Å². The summed E-state index contributed by atoms with van der Waals surface area (Å²) in [6, 6.07) is 6.37. The highest BCUT2D eigenvalue weighted by molar-refractivity contribution is 7.99. The third-order valence-corrected chi connectivity index (χ3v) is 3.38. The van der Waals surface area contributed by atoms with E-state index in [9.17, 15) is 4.79 Å². The molecule has 1 rings (SSSR count). The van der Waals surface area contributed by atoms with Gasteiger partial charge in [0.25, 0.3) is 0 Å². The molecule has 0 unspecified atom stereocenters. The third-order valence-electron chi connectivity index (χ3n) is 2.20. The van der Waals surface area contributed by atoms with Gasteiger partial charge in [-0.25, -0.2) is 0 Å². The van der Waals surface area contributed by atoms with Gasteiger partial charge in [-0.3, -0.25) is 4.79 Å². The molecule has 0 aliphatic heterocycles. The minimum Gasteiger partial charge on any atom is -0.466 e. The van der Waals surface area contributed by atoms with Gasteiger partial charge in [0.2, 0.25) is 0 Å². The van der Waals surface area contributed by atoms with Crippen molar-refractivity contribution >= 4 is 17.7 Å². The summed E-state index contributed by atoms with van der Waals surface area (Å²) < 4.78 is 4.88. The zero-order valence-electron chi connectivity index (χ0n) is 10.1. The summed E-state index contributed by atoms with van der Waals surface area (Å²) in [4.78, 5) is 12.4. The smallest absolute Gasteiger partial charge is 0.306 e. The Hall–Kier alpha value is -0.960. The number of aryl methyl sites for hydroxylation is 2. The van der Waals surface area contributed by atoms with Gasteiger partial charge in [0.1, 0.15) is 0 Å². The lowest BCUT2D eigenvalue weighted by molar-refractivity contribution is -0.142. The van der Waals surface area contributed by atoms with E-state index in [4.69, 9.17) is 4.74 Å². The van der Waals surface area contributed by atoms with Crippen LogP contribution in [-0.4, -0.2) is 18.3 Å². The van der Waals surface area contributed by atoms with Crippen LogP contribution in [0.5, 0.6) is 0 Å². The number of hydrogen-bond donors (Lipinski definition) is 0. The molecule has 16 heavy (non-hydrogen) atoms. The van der Waals surface area contributed by atoms with E-state index < -0.39 is 0 Å². The number of rotatable bonds is 5. The van der Waals surface area contributed by atoms with Crippen LogP contribution in [0.1, 0.15) is 24.5 Å². The zero-order valence-corrected chi connectivity index (χ0v) is 10.9. The minimum absolute atomic E-state index is 0.111. The summed E-state index contributed by atoms with van der Waals surface area (Å²) in [5.41, 5.74) is 2.54. The molecule has 2 nitrogen and oxygen atoms in total. The monoisotopic (exact) mass is 238 g/mol. The molecule has 3 heteroatoms. The van der Waals surface area contributed by atoms with Gasteiger partial charge < -0.3 is 4.74 Å². The van der Waals surface area contributed by atoms with E-state index in [2.05, 4.69) is 32.0 Å². The van der Waals surface area contributed by atoms with E-state index >= 15 is 0 Å². The van der Waals surface area contributed by atoms with E-state index in [0.717, 1.165) is 5.75 Å². The van der Waals surface area contributed by atoms with Crippen molar-refractivity contribution in [2.45, 2.75) is 32.1 Å². The zero-order chi connectivity index (χ0) is 12.0. The Morgan fingerprint density at radius 1 is 1.38 bits per heavy atom. The topological polar surface area (TPSA) is 26.3 Å². The van der Waals surface area contributed by atoms with Crippen LogP contribution in [0.2, 0.25) is 0 Å². The van der Waals surface area contributed by atoms with Crippen molar-refractivity contribution in [2.24, 2.45) is 0 Å².